The van der Waals surface area contributed by atoms with Crippen molar-refractivity contribution in [3.8, 4) is 0 Å². The van der Waals surface area contributed by atoms with Crippen LogP contribution in [0.15, 0.2) is 4.99 Å². The van der Waals surface area contributed by atoms with Gasteiger partial charge in [0.2, 0.25) is 5.91 Å². The first kappa shape index (κ1) is 24.6. The molecule has 3 N–H and O–H groups in total. The number of ether oxygens (including phenoxy) is 1. The van der Waals surface area contributed by atoms with Crippen LogP contribution in [0.4, 0.5) is 0 Å². The van der Waals surface area contributed by atoms with Gasteiger partial charge in [0, 0.05) is 13.1 Å². The summed E-state index contributed by atoms with van der Waals surface area (Å²) in [6, 6.07) is -0.168. The summed E-state index contributed by atoms with van der Waals surface area (Å²) < 4.78 is 5.04. The highest BCUT2D eigenvalue weighted by atomic mass is 127. The number of guanidine groups is 1. The topological polar surface area (TPSA) is 105 Å². The number of amides is 1. The molecular formula is C16H28IN5O3S. The lowest BCUT2D eigenvalue weighted by Crippen LogP contribution is -2.39. The number of thiazole rings is 1. The van der Waals surface area contributed by atoms with Crippen molar-refractivity contribution in [2.45, 2.75) is 40.7 Å². The van der Waals surface area contributed by atoms with Crippen LogP contribution < -0.4 is 16.0 Å². The quantitative estimate of drug-likeness (QED) is 0.220. The van der Waals surface area contributed by atoms with Crippen LogP contribution in [0.1, 0.15) is 54.1 Å². The van der Waals surface area contributed by atoms with Crippen LogP contribution in [0.5, 0.6) is 0 Å². The zero-order chi connectivity index (χ0) is 18.8. The van der Waals surface area contributed by atoms with Crippen LogP contribution in [0.3, 0.4) is 0 Å². The monoisotopic (exact) mass is 497 g/mol. The van der Waals surface area contributed by atoms with E-state index in [9.17, 15) is 9.59 Å². The van der Waals surface area contributed by atoms with E-state index in [0.29, 0.717) is 36.2 Å². The molecule has 1 heterocycles. The molecule has 0 saturated heterocycles. The van der Waals surface area contributed by atoms with Gasteiger partial charge in [0.05, 0.1) is 18.3 Å². The molecule has 1 aromatic rings. The summed E-state index contributed by atoms with van der Waals surface area (Å²) in [4.78, 5) is 32.7. The standard InChI is InChI=1S/C16H27N5O3S.HI/c1-6-17-12(22)9-19-16(18-7-2)21-11(5)14-20-10(4)13(25-14)15(23)24-8-3;/h11H,6-9H2,1-5H3,(H,17,22)(H2,18,19,21);1H. The van der Waals surface area contributed by atoms with Gasteiger partial charge in [0.1, 0.15) is 16.4 Å². The molecule has 0 aliphatic rings. The minimum atomic E-state index is -0.354. The lowest BCUT2D eigenvalue weighted by atomic mass is 10.3. The molecule has 1 amide bonds. The van der Waals surface area contributed by atoms with Crippen molar-refractivity contribution in [3.63, 3.8) is 0 Å². The van der Waals surface area contributed by atoms with Gasteiger partial charge in [-0.2, -0.15) is 0 Å². The second kappa shape index (κ2) is 12.8. The molecule has 26 heavy (non-hydrogen) atoms. The predicted molar refractivity (Wildman–Crippen MR) is 114 cm³/mol. The molecule has 8 nitrogen and oxygen atoms in total. The van der Waals surface area contributed by atoms with Crippen LogP contribution >= 0.6 is 35.3 Å². The first-order valence-electron chi connectivity index (χ1n) is 8.38. The Labute approximate surface area is 175 Å². The Bertz CT molecular complexity index is 621. The fraction of sp³-hybridized carbons (Fsp3) is 0.625. The summed E-state index contributed by atoms with van der Waals surface area (Å²) >= 11 is 1.30. The number of hydrogen-bond acceptors (Lipinski definition) is 6. The molecule has 0 aliphatic heterocycles. The molecule has 148 valence electrons. The molecule has 1 aromatic heterocycles. The maximum Gasteiger partial charge on any atom is 0.350 e. The molecule has 0 aromatic carbocycles. The SMILES string of the molecule is CCNC(=O)CN=C(NCC)NC(C)c1nc(C)c(C(=O)OCC)s1.I. The van der Waals surface area contributed by atoms with Gasteiger partial charge in [-0.25, -0.2) is 14.8 Å². The van der Waals surface area contributed by atoms with Crippen LogP contribution in [0.25, 0.3) is 0 Å². The highest BCUT2D eigenvalue weighted by Crippen LogP contribution is 2.24. The summed E-state index contributed by atoms with van der Waals surface area (Å²) in [7, 11) is 0. The maximum atomic E-state index is 11.9. The number of nitrogens with one attached hydrogen (secondary N) is 3. The van der Waals surface area contributed by atoms with Crippen molar-refractivity contribution in [1.29, 1.82) is 0 Å². The number of carbonyl (C=O) groups is 2. The second-order valence-electron chi connectivity index (χ2n) is 5.20. The average Bonchev–Trinajstić information content (AvgIpc) is 2.95. The van der Waals surface area contributed by atoms with Crippen LogP contribution in [0, 0.1) is 6.92 Å². The van der Waals surface area contributed by atoms with Crippen molar-refractivity contribution in [2.75, 3.05) is 26.2 Å². The number of aromatic nitrogens is 1. The van der Waals surface area contributed by atoms with E-state index in [-0.39, 0.29) is 48.4 Å². The van der Waals surface area contributed by atoms with E-state index in [1.807, 2.05) is 20.8 Å². The number of aryl methyl sites for hydroxylation is 1. The summed E-state index contributed by atoms with van der Waals surface area (Å²) in [6.45, 7) is 10.9. The number of hydrogen-bond donors (Lipinski definition) is 3. The number of likely N-dealkylation sites (N-methyl/N-ethyl adjacent to an activating group) is 1. The van der Waals surface area contributed by atoms with Crippen molar-refractivity contribution < 1.29 is 14.3 Å². The summed E-state index contributed by atoms with van der Waals surface area (Å²) in [6.07, 6.45) is 0. The van der Waals surface area contributed by atoms with Gasteiger partial charge >= 0.3 is 5.97 Å². The smallest absolute Gasteiger partial charge is 0.350 e. The Hall–Kier alpha value is -1.43. The largest absolute Gasteiger partial charge is 0.462 e. The Balaban J connectivity index is 0.00000625. The maximum absolute atomic E-state index is 11.9. The van der Waals surface area contributed by atoms with E-state index < -0.39 is 0 Å². The average molecular weight is 497 g/mol. The first-order chi connectivity index (χ1) is 11.9. The van der Waals surface area contributed by atoms with E-state index in [2.05, 4.69) is 25.9 Å². The molecule has 10 heteroatoms. The fourth-order valence-corrected chi connectivity index (χ4v) is 2.94. The number of carbonyl (C=O) groups excluding carboxylic acids is 2. The van der Waals surface area contributed by atoms with Crippen molar-refractivity contribution in [1.82, 2.24) is 20.9 Å². The van der Waals surface area contributed by atoms with E-state index in [0.717, 1.165) is 5.01 Å². The third kappa shape index (κ3) is 7.85. The number of nitrogens with zero attached hydrogens (tertiary/aromatic N) is 2. The molecule has 1 rings (SSSR count). The molecule has 0 saturated carbocycles. The van der Waals surface area contributed by atoms with E-state index in [4.69, 9.17) is 4.74 Å². The normalized spacial score (nSPS) is 12.0. The number of esters is 1. The van der Waals surface area contributed by atoms with Gasteiger partial charge < -0.3 is 20.7 Å². The molecular weight excluding hydrogens is 469 g/mol. The Morgan fingerprint density at radius 3 is 2.46 bits per heavy atom. The molecule has 1 atom stereocenters. The highest BCUT2D eigenvalue weighted by Gasteiger charge is 2.20. The molecule has 0 fully saturated rings. The molecule has 0 radical (unpaired) electrons. The van der Waals surface area contributed by atoms with Gasteiger partial charge in [-0.1, -0.05) is 0 Å². The third-order valence-electron chi connectivity index (χ3n) is 3.10. The number of rotatable bonds is 8. The fourth-order valence-electron chi connectivity index (χ4n) is 1.98. The summed E-state index contributed by atoms with van der Waals surface area (Å²) in [5.74, 6) is 0.0293. The van der Waals surface area contributed by atoms with E-state index >= 15 is 0 Å². The third-order valence-corrected chi connectivity index (χ3v) is 4.42. The molecule has 0 spiro atoms. The summed E-state index contributed by atoms with van der Waals surface area (Å²) in [5.41, 5.74) is 0.649. The lowest BCUT2D eigenvalue weighted by molar-refractivity contribution is -0.119. The van der Waals surface area contributed by atoms with E-state index in [1.165, 1.54) is 11.3 Å². The van der Waals surface area contributed by atoms with Crippen LogP contribution in [0.2, 0.25) is 0 Å². The van der Waals surface area contributed by atoms with Gasteiger partial charge in [-0.3, -0.25) is 4.79 Å². The second-order valence-corrected chi connectivity index (χ2v) is 6.23. The van der Waals surface area contributed by atoms with Gasteiger partial charge in [-0.05, 0) is 34.6 Å². The zero-order valence-corrected chi connectivity index (χ0v) is 19.0. The zero-order valence-electron chi connectivity index (χ0n) is 15.8. The van der Waals surface area contributed by atoms with Crippen molar-refractivity contribution in [3.05, 3.63) is 15.6 Å². The first-order valence-corrected chi connectivity index (χ1v) is 9.20. The van der Waals surface area contributed by atoms with Crippen LogP contribution in [-0.4, -0.2) is 49.1 Å². The van der Waals surface area contributed by atoms with Crippen molar-refractivity contribution >= 4 is 53.1 Å². The molecule has 1 unspecified atom stereocenters. The van der Waals surface area contributed by atoms with Crippen LogP contribution in [-0.2, 0) is 9.53 Å². The molecule has 0 bridgehead atoms. The minimum Gasteiger partial charge on any atom is -0.462 e. The number of halogens is 1. The molecule has 0 aliphatic carbocycles. The summed E-state index contributed by atoms with van der Waals surface area (Å²) in [5, 5.41) is 9.74. The predicted octanol–water partition coefficient (Wildman–Crippen LogP) is 2.00. The Kier molecular flexibility index (Phi) is 12.1. The Morgan fingerprint density at radius 2 is 1.88 bits per heavy atom. The number of aliphatic imine (C=N–C) groups is 1. The van der Waals surface area contributed by atoms with Gasteiger partial charge in [0.25, 0.3) is 0 Å². The van der Waals surface area contributed by atoms with E-state index in [1.54, 1.807) is 13.8 Å². The van der Waals surface area contributed by atoms with Crippen molar-refractivity contribution in [2.24, 2.45) is 4.99 Å². The Morgan fingerprint density at radius 1 is 1.23 bits per heavy atom. The van der Waals surface area contributed by atoms with Gasteiger partial charge in [-0.15, -0.1) is 35.3 Å². The lowest BCUT2D eigenvalue weighted by Gasteiger charge is -2.15. The highest BCUT2D eigenvalue weighted by molar-refractivity contribution is 14.0. The van der Waals surface area contributed by atoms with Gasteiger partial charge in [0.15, 0.2) is 5.96 Å². The minimum absolute atomic E-state index is 0.